The molecular weight excluding hydrogens is 378 g/mol. The zero-order valence-corrected chi connectivity index (χ0v) is 14.6. The molecule has 126 valence electrons. The Morgan fingerprint density at radius 3 is 2.71 bits per heavy atom. The zero-order chi connectivity index (χ0) is 17.5. The third kappa shape index (κ3) is 5.34. The molecular formula is C17H16BrNO5. The number of esters is 1. The van der Waals surface area contributed by atoms with Crippen molar-refractivity contribution in [3.63, 3.8) is 0 Å². The highest BCUT2D eigenvalue weighted by Crippen LogP contribution is 2.22. The predicted molar refractivity (Wildman–Crippen MR) is 91.9 cm³/mol. The molecule has 0 spiro atoms. The molecule has 0 saturated heterocycles. The molecule has 0 radical (unpaired) electrons. The number of benzene rings is 2. The van der Waals surface area contributed by atoms with E-state index in [2.05, 4.69) is 15.9 Å². The molecule has 0 aliphatic carbocycles. The van der Waals surface area contributed by atoms with Gasteiger partial charge in [0, 0.05) is 16.6 Å². The Labute approximate surface area is 147 Å². The van der Waals surface area contributed by atoms with E-state index in [-0.39, 0.29) is 18.7 Å². The Kier molecular flexibility index (Phi) is 6.31. The van der Waals surface area contributed by atoms with E-state index in [4.69, 9.17) is 9.47 Å². The summed E-state index contributed by atoms with van der Waals surface area (Å²) in [6, 6.07) is 13.3. The van der Waals surface area contributed by atoms with Crippen molar-refractivity contribution in [2.75, 3.05) is 6.61 Å². The van der Waals surface area contributed by atoms with Crippen molar-refractivity contribution < 1.29 is 19.2 Å². The molecule has 0 aromatic heterocycles. The second-order valence-corrected chi connectivity index (χ2v) is 5.96. The lowest BCUT2D eigenvalue weighted by molar-refractivity contribution is -0.385. The van der Waals surface area contributed by atoms with Crippen LogP contribution < -0.4 is 4.74 Å². The topological polar surface area (TPSA) is 78.7 Å². The maximum Gasteiger partial charge on any atom is 0.309 e. The Hall–Kier alpha value is -2.41. The molecule has 1 atom stereocenters. The maximum absolute atomic E-state index is 11.9. The van der Waals surface area contributed by atoms with Crippen molar-refractivity contribution in [2.24, 2.45) is 0 Å². The van der Waals surface area contributed by atoms with Crippen LogP contribution in [0.4, 0.5) is 5.69 Å². The normalized spacial score (nSPS) is 11.6. The SMILES string of the molecule is C[C@@H](OC(=O)CCOc1cccc(Br)c1)c1cccc([N+](=O)[O-])c1. The quantitative estimate of drug-likeness (QED) is 0.394. The molecule has 6 nitrogen and oxygen atoms in total. The molecule has 2 aromatic carbocycles. The second kappa shape index (κ2) is 8.44. The highest BCUT2D eigenvalue weighted by atomic mass is 79.9. The summed E-state index contributed by atoms with van der Waals surface area (Å²) in [6.07, 6.45) is -0.477. The first-order valence-electron chi connectivity index (χ1n) is 7.28. The highest BCUT2D eigenvalue weighted by Gasteiger charge is 2.15. The smallest absolute Gasteiger partial charge is 0.309 e. The third-order valence-electron chi connectivity index (χ3n) is 3.23. The van der Waals surface area contributed by atoms with E-state index < -0.39 is 17.0 Å². The van der Waals surface area contributed by atoms with Gasteiger partial charge in [0.05, 0.1) is 18.0 Å². The van der Waals surface area contributed by atoms with Crippen molar-refractivity contribution in [3.05, 3.63) is 68.7 Å². The van der Waals surface area contributed by atoms with Gasteiger partial charge in [0.2, 0.25) is 0 Å². The molecule has 0 saturated carbocycles. The first-order valence-corrected chi connectivity index (χ1v) is 8.07. The lowest BCUT2D eigenvalue weighted by Crippen LogP contribution is -2.12. The average molecular weight is 394 g/mol. The van der Waals surface area contributed by atoms with E-state index in [0.29, 0.717) is 11.3 Å². The van der Waals surface area contributed by atoms with E-state index in [9.17, 15) is 14.9 Å². The van der Waals surface area contributed by atoms with Gasteiger partial charge in [0.15, 0.2) is 0 Å². The minimum atomic E-state index is -0.566. The minimum absolute atomic E-state index is 0.0339. The number of rotatable bonds is 7. The van der Waals surface area contributed by atoms with E-state index in [1.54, 1.807) is 31.2 Å². The average Bonchev–Trinajstić information content (AvgIpc) is 2.55. The van der Waals surface area contributed by atoms with Gasteiger partial charge in [-0.2, -0.15) is 0 Å². The Balaban J connectivity index is 1.83. The Morgan fingerprint density at radius 1 is 1.25 bits per heavy atom. The van der Waals surface area contributed by atoms with Crippen LogP contribution in [-0.4, -0.2) is 17.5 Å². The van der Waals surface area contributed by atoms with Gasteiger partial charge in [-0.15, -0.1) is 0 Å². The van der Waals surface area contributed by atoms with Crippen molar-refractivity contribution in [2.45, 2.75) is 19.4 Å². The van der Waals surface area contributed by atoms with Crippen LogP contribution in [0.3, 0.4) is 0 Å². The van der Waals surface area contributed by atoms with Crippen molar-refractivity contribution >= 4 is 27.6 Å². The van der Waals surface area contributed by atoms with Crippen LogP contribution in [0, 0.1) is 10.1 Å². The monoisotopic (exact) mass is 393 g/mol. The molecule has 0 fully saturated rings. The largest absolute Gasteiger partial charge is 0.493 e. The van der Waals surface area contributed by atoms with Gasteiger partial charge in [-0.3, -0.25) is 14.9 Å². The molecule has 24 heavy (non-hydrogen) atoms. The summed E-state index contributed by atoms with van der Waals surface area (Å²) in [5, 5.41) is 10.8. The molecule has 0 unspecified atom stereocenters. The van der Waals surface area contributed by atoms with Crippen molar-refractivity contribution in [1.82, 2.24) is 0 Å². The number of hydrogen-bond acceptors (Lipinski definition) is 5. The first-order chi connectivity index (χ1) is 11.5. The molecule has 2 aromatic rings. The number of carbonyl (C=O) groups is 1. The van der Waals surface area contributed by atoms with Crippen LogP contribution in [0.25, 0.3) is 0 Å². The Morgan fingerprint density at radius 2 is 2.00 bits per heavy atom. The van der Waals surface area contributed by atoms with E-state index in [1.165, 1.54) is 12.1 Å². The van der Waals surface area contributed by atoms with Gasteiger partial charge in [-0.1, -0.05) is 34.1 Å². The summed E-state index contributed by atoms with van der Waals surface area (Å²) in [4.78, 5) is 22.2. The standard InChI is InChI=1S/C17H16BrNO5/c1-12(13-4-2-6-15(10-13)19(21)22)24-17(20)8-9-23-16-7-3-5-14(18)11-16/h2-7,10-12H,8-9H2,1H3/t12-/m1/s1. The van der Waals surface area contributed by atoms with Crippen LogP contribution >= 0.6 is 15.9 Å². The van der Waals surface area contributed by atoms with Crippen LogP contribution in [0.5, 0.6) is 5.75 Å². The van der Waals surface area contributed by atoms with Gasteiger partial charge in [-0.25, -0.2) is 0 Å². The molecule has 0 aliphatic rings. The lowest BCUT2D eigenvalue weighted by Gasteiger charge is -2.13. The van der Waals surface area contributed by atoms with Crippen LogP contribution in [0.15, 0.2) is 53.0 Å². The van der Waals surface area contributed by atoms with Crippen LogP contribution in [-0.2, 0) is 9.53 Å². The van der Waals surface area contributed by atoms with E-state index in [1.807, 2.05) is 12.1 Å². The summed E-state index contributed by atoms with van der Waals surface area (Å²) in [7, 11) is 0. The molecule has 0 amide bonds. The summed E-state index contributed by atoms with van der Waals surface area (Å²) in [5.41, 5.74) is 0.541. The molecule has 7 heteroatoms. The number of non-ortho nitro benzene ring substituents is 1. The number of halogens is 1. The first kappa shape index (κ1) is 17.9. The highest BCUT2D eigenvalue weighted by molar-refractivity contribution is 9.10. The van der Waals surface area contributed by atoms with Gasteiger partial charge >= 0.3 is 5.97 Å². The fraction of sp³-hybridized carbons (Fsp3) is 0.235. The van der Waals surface area contributed by atoms with E-state index in [0.717, 1.165) is 4.47 Å². The number of ether oxygens (including phenoxy) is 2. The summed E-state index contributed by atoms with van der Waals surface area (Å²) < 4.78 is 11.6. The lowest BCUT2D eigenvalue weighted by atomic mass is 10.1. The number of nitro groups is 1. The molecule has 2 rings (SSSR count). The number of nitrogens with zero attached hydrogens (tertiary/aromatic N) is 1. The zero-order valence-electron chi connectivity index (χ0n) is 13.0. The number of hydrogen-bond donors (Lipinski definition) is 0. The second-order valence-electron chi connectivity index (χ2n) is 5.04. The molecule has 0 aliphatic heterocycles. The summed E-state index contributed by atoms with van der Waals surface area (Å²) in [5.74, 6) is 0.230. The number of carbonyl (C=O) groups excluding carboxylic acids is 1. The van der Waals surface area contributed by atoms with Gasteiger partial charge in [0.25, 0.3) is 5.69 Å². The van der Waals surface area contributed by atoms with E-state index >= 15 is 0 Å². The number of nitro benzene ring substituents is 1. The minimum Gasteiger partial charge on any atom is -0.493 e. The van der Waals surface area contributed by atoms with Crippen LogP contribution in [0.1, 0.15) is 25.0 Å². The summed E-state index contributed by atoms with van der Waals surface area (Å²) >= 11 is 3.34. The van der Waals surface area contributed by atoms with Gasteiger partial charge in [-0.05, 0) is 30.7 Å². The molecule has 0 heterocycles. The van der Waals surface area contributed by atoms with Crippen LogP contribution in [0.2, 0.25) is 0 Å². The fourth-order valence-corrected chi connectivity index (χ4v) is 2.40. The third-order valence-corrected chi connectivity index (χ3v) is 3.72. The maximum atomic E-state index is 11.9. The molecule has 0 bridgehead atoms. The van der Waals surface area contributed by atoms with Gasteiger partial charge < -0.3 is 9.47 Å². The predicted octanol–water partition coefficient (Wildman–Crippen LogP) is 4.43. The van der Waals surface area contributed by atoms with Crippen molar-refractivity contribution in [1.29, 1.82) is 0 Å². The Bertz CT molecular complexity index is 734. The fourth-order valence-electron chi connectivity index (χ4n) is 2.02. The van der Waals surface area contributed by atoms with Gasteiger partial charge in [0.1, 0.15) is 11.9 Å². The van der Waals surface area contributed by atoms with Crippen molar-refractivity contribution in [3.8, 4) is 5.75 Å². The summed E-state index contributed by atoms with van der Waals surface area (Å²) in [6.45, 7) is 1.86. The molecule has 0 N–H and O–H groups in total.